The van der Waals surface area contributed by atoms with E-state index in [1.54, 1.807) is 12.4 Å². The topological polar surface area (TPSA) is 56.7 Å². The van der Waals surface area contributed by atoms with E-state index >= 15 is 0 Å². The van der Waals surface area contributed by atoms with Crippen LogP contribution >= 0.6 is 12.2 Å². The Morgan fingerprint density at radius 1 is 1.16 bits per heavy atom. The van der Waals surface area contributed by atoms with Crippen molar-refractivity contribution in [2.45, 2.75) is 6.42 Å². The molecule has 94 valence electrons. The second kappa shape index (κ2) is 4.78. The van der Waals surface area contributed by atoms with Crippen LogP contribution in [0.3, 0.4) is 0 Å². The number of aromatic nitrogens is 3. The van der Waals surface area contributed by atoms with E-state index in [0.717, 1.165) is 22.5 Å². The van der Waals surface area contributed by atoms with Crippen molar-refractivity contribution >= 4 is 28.2 Å². The molecule has 2 heterocycles. The molecule has 0 unspecified atom stereocenters. The van der Waals surface area contributed by atoms with Gasteiger partial charge in [0.05, 0.1) is 28.1 Å². The van der Waals surface area contributed by atoms with Crippen LogP contribution in [0.5, 0.6) is 0 Å². The fourth-order valence-corrected chi connectivity index (χ4v) is 2.26. The second-order valence-electron chi connectivity index (χ2n) is 4.20. The van der Waals surface area contributed by atoms with Crippen molar-refractivity contribution in [1.29, 1.82) is 0 Å². The Bertz CT molecular complexity index is 734. The molecule has 0 aliphatic heterocycles. The number of imidazole rings is 1. The van der Waals surface area contributed by atoms with Crippen molar-refractivity contribution in [2.24, 2.45) is 5.73 Å². The van der Waals surface area contributed by atoms with Crippen LogP contribution in [0, 0.1) is 0 Å². The average Bonchev–Trinajstić information content (AvgIpc) is 2.76. The van der Waals surface area contributed by atoms with Crippen molar-refractivity contribution in [2.75, 3.05) is 0 Å². The Labute approximate surface area is 115 Å². The largest absolute Gasteiger partial charge is 0.393 e. The van der Waals surface area contributed by atoms with Crippen LogP contribution in [0.1, 0.15) is 5.82 Å². The first kappa shape index (κ1) is 11.8. The van der Waals surface area contributed by atoms with Crippen LogP contribution in [-0.2, 0) is 6.42 Å². The minimum atomic E-state index is 0.436. The van der Waals surface area contributed by atoms with Gasteiger partial charge in [0.1, 0.15) is 5.82 Å². The zero-order valence-electron chi connectivity index (χ0n) is 10.2. The fourth-order valence-electron chi connectivity index (χ4n) is 2.13. The molecular weight excluding hydrogens is 256 g/mol. The van der Waals surface area contributed by atoms with Gasteiger partial charge in [-0.25, -0.2) is 4.98 Å². The van der Waals surface area contributed by atoms with E-state index in [0.29, 0.717) is 11.4 Å². The van der Waals surface area contributed by atoms with Gasteiger partial charge in [-0.15, -0.1) is 0 Å². The highest BCUT2D eigenvalue weighted by Gasteiger charge is 2.12. The number of nitrogens with zero attached hydrogens (tertiary/aromatic N) is 3. The molecule has 19 heavy (non-hydrogen) atoms. The molecule has 0 amide bonds. The molecule has 0 aliphatic carbocycles. The minimum Gasteiger partial charge on any atom is -0.393 e. The maximum absolute atomic E-state index is 5.66. The first-order valence-electron chi connectivity index (χ1n) is 5.91. The van der Waals surface area contributed by atoms with Crippen LogP contribution in [0.2, 0.25) is 0 Å². The Kier molecular flexibility index (Phi) is 2.97. The molecule has 0 aliphatic rings. The SMILES string of the molecule is NC(=S)Cc1nc2ccccc2n1-c1ccncc1. The smallest absolute Gasteiger partial charge is 0.121 e. The van der Waals surface area contributed by atoms with E-state index < -0.39 is 0 Å². The molecule has 2 N–H and O–H groups in total. The molecule has 2 aromatic heterocycles. The molecule has 4 nitrogen and oxygen atoms in total. The maximum atomic E-state index is 5.66. The molecule has 0 radical (unpaired) electrons. The lowest BCUT2D eigenvalue weighted by atomic mass is 10.3. The summed E-state index contributed by atoms with van der Waals surface area (Å²) >= 11 is 5.00. The predicted octanol–water partition coefficient (Wildman–Crippen LogP) is 2.25. The molecule has 3 aromatic rings. The summed E-state index contributed by atoms with van der Waals surface area (Å²) in [6.07, 6.45) is 4.00. The molecule has 1 aromatic carbocycles. The Morgan fingerprint density at radius 2 is 1.89 bits per heavy atom. The van der Waals surface area contributed by atoms with Gasteiger partial charge in [0, 0.05) is 12.4 Å². The number of fused-ring (bicyclic) bond motifs is 1. The summed E-state index contributed by atoms with van der Waals surface area (Å²) in [6, 6.07) is 11.9. The van der Waals surface area contributed by atoms with Gasteiger partial charge in [-0.3, -0.25) is 9.55 Å². The number of para-hydroxylation sites is 2. The fraction of sp³-hybridized carbons (Fsp3) is 0.0714. The van der Waals surface area contributed by atoms with E-state index in [-0.39, 0.29) is 0 Å². The van der Waals surface area contributed by atoms with Gasteiger partial charge < -0.3 is 5.73 Å². The minimum absolute atomic E-state index is 0.436. The first-order valence-corrected chi connectivity index (χ1v) is 6.31. The quantitative estimate of drug-likeness (QED) is 0.740. The van der Waals surface area contributed by atoms with E-state index in [1.165, 1.54) is 0 Å². The zero-order valence-corrected chi connectivity index (χ0v) is 11.0. The third kappa shape index (κ3) is 2.20. The molecular formula is C14H12N4S. The van der Waals surface area contributed by atoms with Crippen LogP contribution in [0.4, 0.5) is 0 Å². The van der Waals surface area contributed by atoms with Crippen molar-refractivity contribution in [3.05, 3.63) is 54.6 Å². The van der Waals surface area contributed by atoms with Crippen molar-refractivity contribution < 1.29 is 0 Å². The van der Waals surface area contributed by atoms with Crippen molar-refractivity contribution in [3.8, 4) is 5.69 Å². The molecule has 0 saturated carbocycles. The van der Waals surface area contributed by atoms with Gasteiger partial charge in [0.25, 0.3) is 0 Å². The maximum Gasteiger partial charge on any atom is 0.121 e. The highest BCUT2D eigenvalue weighted by molar-refractivity contribution is 7.80. The highest BCUT2D eigenvalue weighted by atomic mass is 32.1. The van der Waals surface area contributed by atoms with Crippen LogP contribution in [-0.4, -0.2) is 19.5 Å². The molecule has 0 bridgehead atoms. The molecule has 0 fully saturated rings. The number of hydrogen-bond donors (Lipinski definition) is 1. The first-order chi connectivity index (χ1) is 9.25. The van der Waals surface area contributed by atoms with E-state index in [1.807, 2.05) is 36.4 Å². The normalized spacial score (nSPS) is 10.7. The van der Waals surface area contributed by atoms with Gasteiger partial charge in [-0.05, 0) is 24.3 Å². The second-order valence-corrected chi connectivity index (χ2v) is 4.73. The summed E-state index contributed by atoms with van der Waals surface area (Å²) in [5, 5.41) is 0. The third-order valence-corrected chi connectivity index (χ3v) is 3.03. The summed E-state index contributed by atoms with van der Waals surface area (Å²) in [6.45, 7) is 0. The van der Waals surface area contributed by atoms with E-state index in [2.05, 4.69) is 14.5 Å². The van der Waals surface area contributed by atoms with Gasteiger partial charge in [0.2, 0.25) is 0 Å². The number of benzene rings is 1. The highest BCUT2D eigenvalue weighted by Crippen LogP contribution is 2.21. The van der Waals surface area contributed by atoms with Crippen molar-refractivity contribution in [1.82, 2.24) is 14.5 Å². The lowest BCUT2D eigenvalue weighted by Gasteiger charge is -2.08. The number of pyridine rings is 1. The number of rotatable bonds is 3. The van der Waals surface area contributed by atoms with Crippen molar-refractivity contribution in [3.63, 3.8) is 0 Å². The Morgan fingerprint density at radius 3 is 2.63 bits per heavy atom. The number of thiocarbonyl (C=S) groups is 1. The number of hydrogen-bond acceptors (Lipinski definition) is 3. The van der Waals surface area contributed by atoms with Gasteiger partial charge >= 0.3 is 0 Å². The molecule has 3 rings (SSSR count). The summed E-state index contributed by atoms with van der Waals surface area (Å²) < 4.78 is 2.07. The Balaban J connectivity index is 2.27. The predicted molar refractivity (Wildman–Crippen MR) is 79.4 cm³/mol. The monoisotopic (exact) mass is 268 g/mol. The molecule has 5 heteroatoms. The molecule has 0 saturated heterocycles. The Hall–Kier alpha value is -2.27. The van der Waals surface area contributed by atoms with Crippen LogP contribution < -0.4 is 5.73 Å². The average molecular weight is 268 g/mol. The lowest BCUT2D eigenvalue weighted by molar-refractivity contribution is 0.964. The van der Waals surface area contributed by atoms with Crippen LogP contribution in [0.15, 0.2) is 48.8 Å². The van der Waals surface area contributed by atoms with E-state index in [9.17, 15) is 0 Å². The molecule has 0 atom stereocenters. The summed E-state index contributed by atoms with van der Waals surface area (Å²) in [7, 11) is 0. The van der Waals surface area contributed by atoms with Gasteiger partial charge in [0.15, 0.2) is 0 Å². The zero-order chi connectivity index (χ0) is 13.2. The van der Waals surface area contributed by atoms with Gasteiger partial charge in [-0.2, -0.15) is 0 Å². The third-order valence-electron chi connectivity index (χ3n) is 2.88. The van der Waals surface area contributed by atoms with Crippen LogP contribution in [0.25, 0.3) is 16.7 Å². The van der Waals surface area contributed by atoms with Gasteiger partial charge in [-0.1, -0.05) is 24.4 Å². The molecule has 0 spiro atoms. The summed E-state index contributed by atoms with van der Waals surface area (Å²) in [5.74, 6) is 0.847. The number of nitrogens with two attached hydrogens (primary N) is 1. The van der Waals surface area contributed by atoms with E-state index in [4.69, 9.17) is 18.0 Å². The summed E-state index contributed by atoms with van der Waals surface area (Å²) in [5.41, 5.74) is 8.65. The summed E-state index contributed by atoms with van der Waals surface area (Å²) in [4.78, 5) is 9.08. The lowest BCUT2D eigenvalue weighted by Crippen LogP contribution is -2.14. The standard InChI is InChI=1S/C14H12N4S/c15-13(19)9-14-17-11-3-1-2-4-12(11)18(14)10-5-7-16-8-6-10/h1-8H,9H2,(H2,15,19).